The van der Waals surface area contributed by atoms with Crippen LogP contribution >= 0.6 is 0 Å². The lowest BCUT2D eigenvalue weighted by Crippen LogP contribution is -2.33. The summed E-state index contributed by atoms with van der Waals surface area (Å²) in [6, 6.07) is 7.14. The standard InChI is InChI=1S/C16H24N2O3S/c1-17(22(2,20)21)15-9-7-14(8-10-15)13-16(19)18-11-5-3-4-6-12-18/h7-10H,3-6,11-13H2,1-2H3. The highest BCUT2D eigenvalue weighted by Crippen LogP contribution is 2.17. The molecule has 2 rings (SSSR count). The largest absolute Gasteiger partial charge is 0.342 e. The van der Waals surface area contributed by atoms with E-state index in [1.807, 2.05) is 17.0 Å². The third kappa shape index (κ3) is 4.47. The molecule has 0 atom stereocenters. The molecule has 1 aromatic carbocycles. The average Bonchev–Trinajstić information content (AvgIpc) is 2.75. The number of carbonyl (C=O) groups is 1. The Labute approximate surface area is 133 Å². The van der Waals surface area contributed by atoms with Crippen LogP contribution < -0.4 is 4.31 Å². The molecule has 1 amide bonds. The number of likely N-dealkylation sites (tertiary alicyclic amines) is 1. The van der Waals surface area contributed by atoms with Crippen molar-refractivity contribution >= 4 is 21.6 Å². The Kier molecular flexibility index (Phi) is 5.45. The van der Waals surface area contributed by atoms with Crippen LogP contribution in [0.2, 0.25) is 0 Å². The first kappa shape index (κ1) is 16.8. The molecule has 0 saturated carbocycles. The van der Waals surface area contributed by atoms with Gasteiger partial charge in [0.2, 0.25) is 15.9 Å². The third-order valence-electron chi connectivity index (χ3n) is 4.11. The fourth-order valence-electron chi connectivity index (χ4n) is 2.62. The van der Waals surface area contributed by atoms with Crippen molar-refractivity contribution in [3.8, 4) is 0 Å². The van der Waals surface area contributed by atoms with Crippen LogP contribution in [-0.4, -0.2) is 45.6 Å². The molecule has 0 aromatic heterocycles. The number of amides is 1. The number of benzene rings is 1. The van der Waals surface area contributed by atoms with E-state index in [2.05, 4.69) is 0 Å². The summed E-state index contributed by atoms with van der Waals surface area (Å²) in [5.41, 5.74) is 1.52. The summed E-state index contributed by atoms with van der Waals surface area (Å²) >= 11 is 0. The van der Waals surface area contributed by atoms with Crippen LogP contribution in [0.5, 0.6) is 0 Å². The molecule has 5 nitrogen and oxygen atoms in total. The van der Waals surface area contributed by atoms with Crippen molar-refractivity contribution in [2.45, 2.75) is 32.1 Å². The summed E-state index contributed by atoms with van der Waals surface area (Å²) in [6.45, 7) is 1.71. The van der Waals surface area contributed by atoms with Crippen molar-refractivity contribution in [2.24, 2.45) is 0 Å². The molecule has 122 valence electrons. The number of rotatable bonds is 4. The average molecular weight is 324 g/mol. The van der Waals surface area contributed by atoms with E-state index in [0.29, 0.717) is 12.1 Å². The van der Waals surface area contributed by atoms with E-state index in [0.717, 1.165) is 31.5 Å². The van der Waals surface area contributed by atoms with Crippen molar-refractivity contribution in [3.05, 3.63) is 29.8 Å². The van der Waals surface area contributed by atoms with Crippen molar-refractivity contribution in [1.82, 2.24) is 4.90 Å². The fourth-order valence-corrected chi connectivity index (χ4v) is 3.13. The number of hydrogen-bond donors (Lipinski definition) is 0. The summed E-state index contributed by atoms with van der Waals surface area (Å²) in [7, 11) is -1.73. The van der Waals surface area contributed by atoms with E-state index >= 15 is 0 Å². The molecule has 22 heavy (non-hydrogen) atoms. The number of sulfonamides is 1. The second-order valence-electron chi connectivity index (χ2n) is 5.87. The van der Waals surface area contributed by atoms with Gasteiger partial charge in [-0.3, -0.25) is 9.10 Å². The number of nitrogens with zero attached hydrogens (tertiary/aromatic N) is 2. The first-order chi connectivity index (χ1) is 10.4. The molecular formula is C16H24N2O3S. The molecule has 0 unspecified atom stereocenters. The lowest BCUT2D eigenvalue weighted by atomic mass is 10.1. The summed E-state index contributed by atoms with van der Waals surface area (Å²) in [6.07, 6.45) is 6.13. The molecule has 0 N–H and O–H groups in total. The van der Waals surface area contributed by atoms with Crippen LogP contribution in [0.15, 0.2) is 24.3 Å². The van der Waals surface area contributed by atoms with Gasteiger partial charge in [-0.2, -0.15) is 0 Å². The lowest BCUT2D eigenvalue weighted by molar-refractivity contribution is -0.130. The molecule has 1 saturated heterocycles. The van der Waals surface area contributed by atoms with Gasteiger partial charge in [0.25, 0.3) is 0 Å². The van der Waals surface area contributed by atoms with Crippen LogP contribution in [0.3, 0.4) is 0 Å². The summed E-state index contributed by atoms with van der Waals surface area (Å²) < 4.78 is 24.2. The minimum atomic E-state index is -3.25. The Morgan fingerprint density at radius 2 is 1.64 bits per heavy atom. The molecule has 1 aliphatic rings. The van der Waals surface area contributed by atoms with Crippen molar-refractivity contribution in [1.29, 1.82) is 0 Å². The zero-order valence-electron chi connectivity index (χ0n) is 13.3. The molecule has 1 heterocycles. The van der Waals surface area contributed by atoms with Crippen LogP contribution in [-0.2, 0) is 21.2 Å². The number of carbonyl (C=O) groups excluding carboxylic acids is 1. The van der Waals surface area contributed by atoms with E-state index < -0.39 is 10.0 Å². The Morgan fingerprint density at radius 1 is 1.09 bits per heavy atom. The molecule has 0 aliphatic carbocycles. The van der Waals surface area contributed by atoms with Crippen LogP contribution in [0.25, 0.3) is 0 Å². The van der Waals surface area contributed by atoms with Crippen molar-refractivity contribution in [3.63, 3.8) is 0 Å². The molecule has 0 spiro atoms. The second kappa shape index (κ2) is 7.13. The zero-order chi connectivity index (χ0) is 16.2. The van der Waals surface area contributed by atoms with Gasteiger partial charge in [-0.05, 0) is 30.5 Å². The maximum atomic E-state index is 12.3. The Bertz CT molecular complexity index is 603. The molecule has 1 aromatic rings. The van der Waals surface area contributed by atoms with Gasteiger partial charge in [-0.15, -0.1) is 0 Å². The van der Waals surface area contributed by atoms with E-state index in [-0.39, 0.29) is 5.91 Å². The van der Waals surface area contributed by atoms with E-state index in [4.69, 9.17) is 0 Å². The molecule has 6 heteroatoms. The van der Waals surface area contributed by atoms with Gasteiger partial charge in [0.1, 0.15) is 0 Å². The van der Waals surface area contributed by atoms with E-state index in [1.54, 1.807) is 12.1 Å². The number of hydrogen-bond acceptors (Lipinski definition) is 3. The van der Waals surface area contributed by atoms with Crippen LogP contribution in [0.4, 0.5) is 5.69 Å². The SMILES string of the molecule is CN(c1ccc(CC(=O)N2CCCCCC2)cc1)S(C)(=O)=O. The highest BCUT2D eigenvalue weighted by Gasteiger charge is 2.16. The van der Waals surface area contributed by atoms with Gasteiger partial charge in [0, 0.05) is 20.1 Å². The first-order valence-electron chi connectivity index (χ1n) is 7.68. The quantitative estimate of drug-likeness (QED) is 0.851. The van der Waals surface area contributed by atoms with Crippen LogP contribution in [0, 0.1) is 0 Å². The Morgan fingerprint density at radius 3 is 2.14 bits per heavy atom. The second-order valence-corrected chi connectivity index (χ2v) is 7.88. The fraction of sp³-hybridized carbons (Fsp3) is 0.562. The normalized spacial score (nSPS) is 16.2. The Hall–Kier alpha value is -1.56. The maximum Gasteiger partial charge on any atom is 0.231 e. The van der Waals surface area contributed by atoms with Gasteiger partial charge in [-0.25, -0.2) is 8.42 Å². The minimum absolute atomic E-state index is 0.158. The van der Waals surface area contributed by atoms with Crippen LogP contribution in [0.1, 0.15) is 31.2 Å². The van der Waals surface area contributed by atoms with Crippen molar-refractivity contribution in [2.75, 3.05) is 30.7 Å². The molecule has 1 fully saturated rings. The highest BCUT2D eigenvalue weighted by atomic mass is 32.2. The van der Waals surface area contributed by atoms with E-state index in [9.17, 15) is 13.2 Å². The van der Waals surface area contributed by atoms with Crippen molar-refractivity contribution < 1.29 is 13.2 Å². The molecule has 0 radical (unpaired) electrons. The van der Waals surface area contributed by atoms with Gasteiger partial charge in [0.15, 0.2) is 0 Å². The van der Waals surface area contributed by atoms with Gasteiger partial charge in [-0.1, -0.05) is 25.0 Å². The van der Waals surface area contributed by atoms with Gasteiger partial charge in [0.05, 0.1) is 18.4 Å². The van der Waals surface area contributed by atoms with Gasteiger partial charge >= 0.3 is 0 Å². The molecule has 0 bridgehead atoms. The highest BCUT2D eigenvalue weighted by molar-refractivity contribution is 7.92. The molecular weight excluding hydrogens is 300 g/mol. The van der Waals surface area contributed by atoms with E-state index in [1.165, 1.54) is 30.5 Å². The maximum absolute atomic E-state index is 12.3. The minimum Gasteiger partial charge on any atom is -0.342 e. The topological polar surface area (TPSA) is 57.7 Å². The summed E-state index contributed by atoms with van der Waals surface area (Å²) in [5, 5.41) is 0. The smallest absolute Gasteiger partial charge is 0.231 e. The predicted molar refractivity (Wildman–Crippen MR) is 88.4 cm³/mol. The van der Waals surface area contributed by atoms with Gasteiger partial charge < -0.3 is 4.90 Å². The third-order valence-corrected chi connectivity index (χ3v) is 5.32. The summed E-state index contributed by atoms with van der Waals surface area (Å²) in [4.78, 5) is 14.3. The Balaban J connectivity index is 2.00. The first-order valence-corrected chi connectivity index (χ1v) is 9.53. The zero-order valence-corrected chi connectivity index (χ0v) is 14.1. The lowest BCUT2D eigenvalue weighted by Gasteiger charge is -2.20. The predicted octanol–water partition coefficient (Wildman–Crippen LogP) is 2.03. The monoisotopic (exact) mass is 324 g/mol. The molecule has 1 aliphatic heterocycles. The number of anilines is 1. The summed E-state index contributed by atoms with van der Waals surface area (Å²) in [5.74, 6) is 0.158.